The van der Waals surface area contributed by atoms with Gasteiger partial charge in [0.15, 0.2) is 0 Å². The van der Waals surface area contributed by atoms with Gasteiger partial charge in [-0.3, -0.25) is 9.20 Å². The van der Waals surface area contributed by atoms with Gasteiger partial charge in [-0.2, -0.15) is 4.98 Å². The second-order valence-corrected chi connectivity index (χ2v) is 8.20. The molecule has 0 bridgehead atoms. The lowest BCUT2D eigenvalue weighted by Gasteiger charge is -2.23. The summed E-state index contributed by atoms with van der Waals surface area (Å²) in [6.07, 6.45) is 4.66. The Morgan fingerprint density at radius 1 is 0.906 bits per heavy atom. The van der Waals surface area contributed by atoms with Crippen molar-refractivity contribution in [1.82, 2.24) is 19.3 Å². The molecule has 0 N–H and O–H groups in total. The molecule has 1 fully saturated rings. The van der Waals surface area contributed by atoms with Gasteiger partial charge >= 0.3 is 0 Å². The highest BCUT2D eigenvalue weighted by molar-refractivity contribution is 6.30. The molecule has 0 saturated carbocycles. The van der Waals surface area contributed by atoms with Crippen LogP contribution in [0.25, 0.3) is 17.0 Å². The lowest BCUT2D eigenvalue weighted by atomic mass is 10.2. The molecule has 1 aliphatic rings. The van der Waals surface area contributed by atoms with Gasteiger partial charge in [0.2, 0.25) is 5.78 Å². The van der Waals surface area contributed by atoms with E-state index in [4.69, 9.17) is 16.6 Å². The number of benzene rings is 2. The van der Waals surface area contributed by atoms with Crippen molar-refractivity contribution in [2.45, 2.75) is 6.42 Å². The van der Waals surface area contributed by atoms with Crippen molar-refractivity contribution in [3.05, 3.63) is 83.4 Å². The average molecular weight is 450 g/mol. The summed E-state index contributed by atoms with van der Waals surface area (Å²) in [6.45, 7) is 2.80. The fourth-order valence-electron chi connectivity index (χ4n) is 3.92. The third kappa shape index (κ3) is 4.16. The Morgan fingerprint density at radius 3 is 2.47 bits per heavy atom. The molecule has 8 heteroatoms. The van der Waals surface area contributed by atoms with Gasteiger partial charge in [-0.05, 0) is 61.0 Å². The third-order valence-corrected chi connectivity index (χ3v) is 5.90. The quantitative estimate of drug-likeness (QED) is 0.460. The molecule has 6 nitrogen and oxygen atoms in total. The van der Waals surface area contributed by atoms with E-state index in [-0.39, 0.29) is 11.7 Å². The maximum absolute atomic E-state index is 13.2. The van der Waals surface area contributed by atoms with E-state index in [0.29, 0.717) is 36.0 Å². The van der Waals surface area contributed by atoms with Crippen molar-refractivity contribution in [3.63, 3.8) is 0 Å². The van der Waals surface area contributed by atoms with Crippen molar-refractivity contribution in [2.24, 2.45) is 0 Å². The SMILES string of the molecule is O=C(c1ccc(Cl)cc1)N1CCCN(c2ccn3cc(-c4ccc(F)cc4)nc3n2)CC1. The summed E-state index contributed by atoms with van der Waals surface area (Å²) >= 11 is 5.94. The van der Waals surface area contributed by atoms with Crippen LogP contribution in [0.3, 0.4) is 0 Å². The van der Waals surface area contributed by atoms with Crippen LogP contribution in [0.2, 0.25) is 5.02 Å². The fourth-order valence-corrected chi connectivity index (χ4v) is 4.05. The Kier molecular flexibility index (Phi) is 5.49. The first-order valence-electron chi connectivity index (χ1n) is 10.5. The molecule has 1 amide bonds. The fraction of sp³-hybridized carbons (Fsp3) is 0.208. The molecule has 0 aliphatic carbocycles. The smallest absolute Gasteiger partial charge is 0.253 e. The Hall–Kier alpha value is -3.45. The molecule has 1 aliphatic heterocycles. The molecule has 162 valence electrons. The molecule has 0 spiro atoms. The molecule has 2 aromatic carbocycles. The molecule has 3 heterocycles. The van der Waals surface area contributed by atoms with Crippen LogP contribution in [0, 0.1) is 5.82 Å². The van der Waals surface area contributed by atoms with Crippen LogP contribution in [-0.4, -0.2) is 51.4 Å². The Bertz CT molecular complexity index is 1260. The monoisotopic (exact) mass is 449 g/mol. The minimum Gasteiger partial charge on any atom is -0.355 e. The number of anilines is 1. The van der Waals surface area contributed by atoms with Crippen LogP contribution in [0.1, 0.15) is 16.8 Å². The number of halogens is 2. The van der Waals surface area contributed by atoms with E-state index in [1.165, 1.54) is 12.1 Å². The molecule has 4 aromatic rings. The van der Waals surface area contributed by atoms with E-state index in [0.717, 1.165) is 30.0 Å². The highest BCUT2D eigenvalue weighted by Crippen LogP contribution is 2.21. The van der Waals surface area contributed by atoms with Crippen LogP contribution in [-0.2, 0) is 0 Å². The van der Waals surface area contributed by atoms with Crippen LogP contribution >= 0.6 is 11.6 Å². The molecule has 0 unspecified atom stereocenters. The largest absolute Gasteiger partial charge is 0.355 e. The summed E-state index contributed by atoms with van der Waals surface area (Å²) in [6, 6.07) is 15.2. The Morgan fingerprint density at radius 2 is 1.69 bits per heavy atom. The van der Waals surface area contributed by atoms with Crippen molar-refractivity contribution in [3.8, 4) is 11.3 Å². The summed E-state index contributed by atoms with van der Waals surface area (Å²) < 4.78 is 15.1. The molecule has 32 heavy (non-hydrogen) atoms. The van der Waals surface area contributed by atoms with E-state index in [9.17, 15) is 9.18 Å². The second-order valence-electron chi connectivity index (χ2n) is 7.77. The number of carbonyl (C=O) groups excluding carboxylic acids is 1. The zero-order chi connectivity index (χ0) is 22.1. The van der Waals surface area contributed by atoms with Crippen molar-refractivity contribution < 1.29 is 9.18 Å². The predicted octanol–water partition coefficient (Wildman–Crippen LogP) is 4.54. The summed E-state index contributed by atoms with van der Waals surface area (Å²) in [4.78, 5) is 26.2. The highest BCUT2D eigenvalue weighted by atomic mass is 35.5. The number of rotatable bonds is 3. The van der Waals surface area contributed by atoms with E-state index >= 15 is 0 Å². The minimum atomic E-state index is -0.275. The first-order valence-corrected chi connectivity index (χ1v) is 10.9. The maximum atomic E-state index is 13.2. The average Bonchev–Trinajstić information content (AvgIpc) is 3.08. The van der Waals surface area contributed by atoms with Gasteiger partial charge in [0.25, 0.3) is 5.91 Å². The van der Waals surface area contributed by atoms with Gasteiger partial charge in [-0.15, -0.1) is 0 Å². The van der Waals surface area contributed by atoms with E-state index < -0.39 is 0 Å². The first-order chi connectivity index (χ1) is 15.6. The highest BCUT2D eigenvalue weighted by Gasteiger charge is 2.21. The number of fused-ring (bicyclic) bond motifs is 1. The van der Waals surface area contributed by atoms with E-state index in [1.54, 1.807) is 36.4 Å². The molecule has 0 radical (unpaired) electrons. The van der Waals surface area contributed by atoms with Crippen LogP contribution in [0.5, 0.6) is 0 Å². The van der Waals surface area contributed by atoms with Crippen LogP contribution in [0.15, 0.2) is 67.0 Å². The molecular formula is C24H21ClFN5O. The minimum absolute atomic E-state index is 0.0177. The Labute approximate surface area is 189 Å². The topological polar surface area (TPSA) is 53.7 Å². The van der Waals surface area contributed by atoms with Crippen LogP contribution < -0.4 is 4.90 Å². The van der Waals surface area contributed by atoms with Gasteiger partial charge in [0.1, 0.15) is 11.6 Å². The molecular weight excluding hydrogens is 429 g/mol. The summed E-state index contributed by atoms with van der Waals surface area (Å²) in [5.74, 6) is 1.15. The van der Waals surface area contributed by atoms with Crippen molar-refractivity contribution in [2.75, 3.05) is 31.1 Å². The van der Waals surface area contributed by atoms with E-state index in [2.05, 4.69) is 9.88 Å². The van der Waals surface area contributed by atoms with Gasteiger partial charge < -0.3 is 9.80 Å². The number of hydrogen-bond donors (Lipinski definition) is 0. The van der Waals surface area contributed by atoms with Gasteiger partial charge in [0.05, 0.1) is 5.69 Å². The second kappa shape index (κ2) is 8.59. The van der Waals surface area contributed by atoms with Gasteiger partial charge in [0, 0.05) is 54.7 Å². The molecule has 5 rings (SSSR count). The van der Waals surface area contributed by atoms with Gasteiger partial charge in [-0.1, -0.05) is 11.6 Å². The van der Waals surface area contributed by atoms with Crippen molar-refractivity contribution in [1.29, 1.82) is 0 Å². The maximum Gasteiger partial charge on any atom is 0.253 e. The number of carbonyl (C=O) groups is 1. The normalized spacial score (nSPS) is 14.6. The molecule has 1 saturated heterocycles. The van der Waals surface area contributed by atoms with Gasteiger partial charge in [-0.25, -0.2) is 9.37 Å². The number of aromatic nitrogens is 3. The number of hydrogen-bond acceptors (Lipinski definition) is 4. The first kappa shape index (κ1) is 20.5. The molecule has 0 atom stereocenters. The Balaban J connectivity index is 1.32. The third-order valence-electron chi connectivity index (χ3n) is 5.65. The lowest BCUT2D eigenvalue weighted by molar-refractivity contribution is 0.0767. The standard InChI is InChI=1S/C24H21ClFN5O/c25-19-6-2-18(3-7-19)23(32)30-12-1-11-29(14-15-30)22-10-13-31-16-21(27-24(31)28-22)17-4-8-20(26)9-5-17/h2-10,13,16H,1,11-12,14-15H2. The van der Waals surface area contributed by atoms with Crippen molar-refractivity contribution >= 4 is 29.1 Å². The lowest BCUT2D eigenvalue weighted by Crippen LogP contribution is -2.35. The van der Waals surface area contributed by atoms with Crippen LogP contribution in [0.4, 0.5) is 10.2 Å². The van der Waals surface area contributed by atoms with E-state index in [1.807, 2.05) is 27.8 Å². The summed E-state index contributed by atoms with van der Waals surface area (Å²) in [5, 5.41) is 0.617. The zero-order valence-electron chi connectivity index (χ0n) is 17.3. The predicted molar refractivity (Wildman–Crippen MR) is 123 cm³/mol. The number of imidazole rings is 1. The number of amides is 1. The zero-order valence-corrected chi connectivity index (χ0v) is 18.0. The summed E-state index contributed by atoms with van der Waals surface area (Å²) in [5.41, 5.74) is 2.22. The number of nitrogens with zero attached hydrogens (tertiary/aromatic N) is 5. The molecule has 2 aromatic heterocycles. The summed E-state index contributed by atoms with van der Waals surface area (Å²) in [7, 11) is 0.